The highest BCUT2D eigenvalue weighted by Gasteiger charge is 2.15. The van der Waals surface area contributed by atoms with E-state index in [2.05, 4.69) is 31.5 Å². The predicted molar refractivity (Wildman–Crippen MR) is 140 cm³/mol. The van der Waals surface area contributed by atoms with Gasteiger partial charge in [-0.3, -0.25) is 4.79 Å². The number of aromatic nitrogens is 3. The smallest absolute Gasteiger partial charge is 0.247 e. The number of fused-ring (bicyclic) bond motifs is 1. The SMILES string of the molecule is C=CC(=O)Nc1ccc2c(-c3nc(Nc4ccc(N=S(C)(C)=O)cc4)ncc3Cl)cn(C)c2c1. The molecule has 2 aromatic heterocycles. The lowest BCUT2D eigenvalue weighted by Crippen LogP contribution is -2.07. The van der Waals surface area contributed by atoms with Gasteiger partial charge in [0.25, 0.3) is 0 Å². The molecule has 0 saturated carbocycles. The van der Waals surface area contributed by atoms with Crippen LogP contribution >= 0.6 is 11.6 Å². The molecule has 10 heteroatoms. The van der Waals surface area contributed by atoms with Crippen molar-refractivity contribution in [2.45, 2.75) is 0 Å². The molecule has 4 aromatic rings. The number of nitrogens with zero attached hydrogens (tertiary/aromatic N) is 4. The van der Waals surface area contributed by atoms with Crippen LogP contribution in [-0.2, 0) is 21.6 Å². The Bertz CT molecular complexity index is 1530. The zero-order chi connectivity index (χ0) is 24.5. The van der Waals surface area contributed by atoms with E-state index in [0.717, 1.165) is 22.2 Å². The maximum Gasteiger partial charge on any atom is 0.247 e. The zero-order valence-corrected chi connectivity index (χ0v) is 20.4. The standard InChI is InChI=1S/C24H23ClN6O2S/c1-5-22(32)27-17-10-11-18-19(14-31(2)21(18)12-17)23-20(25)13-26-24(29-23)28-15-6-8-16(9-7-15)30-34(3,4)33/h5-14H,1H2,2-4H3,(H,27,32)(H,26,28,29). The molecule has 2 aromatic carbocycles. The minimum atomic E-state index is -2.23. The van der Waals surface area contributed by atoms with Crippen molar-refractivity contribution in [3.05, 3.63) is 72.5 Å². The van der Waals surface area contributed by atoms with Gasteiger partial charge in [-0.1, -0.05) is 24.2 Å². The molecule has 0 atom stereocenters. The molecular formula is C24H23ClN6O2S. The maximum atomic E-state index is 11.9. The zero-order valence-electron chi connectivity index (χ0n) is 18.9. The number of carbonyl (C=O) groups excluding carboxylic acids is 1. The van der Waals surface area contributed by atoms with Crippen LogP contribution < -0.4 is 10.6 Å². The number of halogens is 1. The van der Waals surface area contributed by atoms with Crippen LogP contribution in [0, 0.1) is 0 Å². The van der Waals surface area contributed by atoms with E-state index in [1.54, 1.807) is 30.8 Å². The number of hydrogen-bond donors (Lipinski definition) is 2. The summed E-state index contributed by atoms with van der Waals surface area (Å²) in [5.74, 6) is 0.105. The fourth-order valence-electron chi connectivity index (χ4n) is 3.45. The summed E-state index contributed by atoms with van der Waals surface area (Å²) in [6.45, 7) is 3.48. The lowest BCUT2D eigenvalue weighted by atomic mass is 10.1. The molecule has 0 aliphatic carbocycles. The number of rotatable bonds is 6. The quantitative estimate of drug-likeness (QED) is 0.344. The molecule has 0 aliphatic heterocycles. The van der Waals surface area contributed by atoms with Gasteiger partial charge in [-0.15, -0.1) is 0 Å². The van der Waals surface area contributed by atoms with Gasteiger partial charge in [0.1, 0.15) is 0 Å². The van der Waals surface area contributed by atoms with Crippen LogP contribution in [0.15, 0.2) is 71.9 Å². The first-order chi connectivity index (χ1) is 16.1. The van der Waals surface area contributed by atoms with Gasteiger partial charge in [-0.05, 0) is 42.5 Å². The Morgan fingerprint density at radius 1 is 1.18 bits per heavy atom. The number of hydrogen-bond acceptors (Lipinski definition) is 6. The van der Waals surface area contributed by atoms with Gasteiger partial charge in [0.2, 0.25) is 11.9 Å². The summed E-state index contributed by atoms with van der Waals surface area (Å²) < 4.78 is 18.0. The highest BCUT2D eigenvalue weighted by Crippen LogP contribution is 2.35. The molecule has 0 saturated heterocycles. The lowest BCUT2D eigenvalue weighted by molar-refractivity contribution is -0.111. The third-order valence-electron chi connectivity index (χ3n) is 4.89. The van der Waals surface area contributed by atoms with Crippen LogP contribution in [0.4, 0.5) is 23.0 Å². The second-order valence-electron chi connectivity index (χ2n) is 7.91. The fourth-order valence-corrected chi connectivity index (χ4v) is 4.27. The normalized spacial score (nSPS) is 11.3. The van der Waals surface area contributed by atoms with Crippen molar-refractivity contribution in [3.8, 4) is 11.3 Å². The van der Waals surface area contributed by atoms with Crippen molar-refractivity contribution < 1.29 is 9.00 Å². The first-order valence-corrected chi connectivity index (χ1v) is 12.9. The molecular weight excluding hydrogens is 472 g/mol. The van der Waals surface area contributed by atoms with E-state index in [4.69, 9.17) is 11.6 Å². The molecule has 2 N–H and O–H groups in total. The number of nitrogens with one attached hydrogen (secondary N) is 2. The Kier molecular flexibility index (Phi) is 6.41. The predicted octanol–water partition coefficient (Wildman–Crippen LogP) is 5.52. The molecule has 34 heavy (non-hydrogen) atoms. The minimum absolute atomic E-state index is 0.275. The Hall–Kier alpha value is -3.69. The van der Waals surface area contributed by atoms with E-state index in [1.807, 2.05) is 48.1 Å². The molecule has 4 rings (SSSR count). The van der Waals surface area contributed by atoms with Gasteiger partial charge in [-0.2, -0.15) is 4.36 Å². The van der Waals surface area contributed by atoms with Gasteiger partial charge < -0.3 is 15.2 Å². The Labute approximate surface area is 202 Å². The molecule has 0 aliphatic rings. The summed E-state index contributed by atoms with van der Waals surface area (Å²) in [6.07, 6.45) is 7.90. The topological polar surface area (TPSA) is 101 Å². The van der Waals surface area contributed by atoms with E-state index in [-0.39, 0.29) is 5.91 Å². The average molecular weight is 495 g/mol. The van der Waals surface area contributed by atoms with Crippen LogP contribution in [-0.4, -0.2) is 37.2 Å². The van der Waals surface area contributed by atoms with Crippen LogP contribution in [0.5, 0.6) is 0 Å². The van der Waals surface area contributed by atoms with Crippen molar-refractivity contribution in [1.82, 2.24) is 14.5 Å². The van der Waals surface area contributed by atoms with Crippen molar-refractivity contribution in [2.24, 2.45) is 11.4 Å². The fraction of sp³-hybridized carbons (Fsp3) is 0.125. The van der Waals surface area contributed by atoms with E-state index in [9.17, 15) is 9.00 Å². The largest absolute Gasteiger partial charge is 0.350 e. The molecule has 174 valence electrons. The Morgan fingerprint density at radius 3 is 2.56 bits per heavy atom. The summed E-state index contributed by atoms with van der Waals surface area (Å²) in [5.41, 5.74) is 4.38. The van der Waals surface area contributed by atoms with Crippen LogP contribution in [0.3, 0.4) is 0 Å². The maximum absolute atomic E-state index is 11.9. The summed E-state index contributed by atoms with van der Waals surface area (Å²) in [5, 5.41) is 7.28. The summed E-state index contributed by atoms with van der Waals surface area (Å²) in [7, 11) is -0.314. The van der Waals surface area contributed by atoms with Crippen LogP contribution in [0.2, 0.25) is 5.02 Å². The van der Waals surface area contributed by atoms with Gasteiger partial charge in [0, 0.05) is 57.8 Å². The molecule has 0 spiro atoms. The number of aryl methyl sites for hydroxylation is 1. The van der Waals surface area contributed by atoms with Crippen LogP contribution in [0.25, 0.3) is 22.2 Å². The first-order valence-electron chi connectivity index (χ1n) is 10.2. The van der Waals surface area contributed by atoms with Gasteiger partial charge in [-0.25, -0.2) is 14.2 Å². The Morgan fingerprint density at radius 2 is 1.88 bits per heavy atom. The first kappa shape index (κ1) is 23.5. The molecule has 1 amide bonds. The van der Waals surface area contributed by atoms with Crippen molar-refractivity contribution >= 4 is 61.2 Å². The third kappa shape index (κ3) is 5.27. The van der Waals surface area contributed by atoms with E-state index >= 15 is 0 Å². The lowest BCUT2D eigenvalue weighted by Gasteiger charge is -2.08. The molecule has 0 unspecified atom stereocenters. The monoisotopic (exact) mass is 494 g/mol. The second-order valence-corrected chi connectivity index (χ2v) is 10.9. The molecule has 0 radical (unpaired) electrons. The molecule has 2 heterocycles. The molecule has 8 nitrogen and oxygen atoms in total. The highest BCUT2D eigenvalue weighted by atomic mass is 35.5. The number of carbonyl (C=O) groups is 1. The summed E-state index contributed by atoms with van der Waals surface area (Å²) >= 11 is 6.47. The summed E-state index contributed by atoms with van der Waals surface area (Å²) in [6, 6.07) is 12.8. The number of anilines is 3. The van der Waals surface area contributed by atoms with Gasteiger partial charge in [0.05, 0.1) is 28.1 Å². The number of amides is 1. The second kappa shape index (κ2) is 9.28. The van der Waals surface area contributed by atoms with Gasteiger partial charge >= 0.3 is 0 Å². The molecule has 0 fully saturated rings. The van der Waals surface area contributed by atoms with Gasteiger partial charge in [0.15, 0.2) is 0 Å². The average Bonchev–Trinajstić information content (AvgIpc) is 3.11. The van der Waals surface area contributed by atoms with E-state index < -0.39 is 9.73 Å². The third-order valence-corrected chi connectivity index (χ3v) is 5.82. The van der Waals surface area contributed by atoms with E-state index in [0.29, 0.717) is 28.0 Å². The number of benzene rings is 2. The van der Waals surface area contributed by atoms with Crippen molar-refractivity contribution in [3.63, 3.8) is 0 Å². The molecule has 0 bridgehead atoms. The van der Waals surface area contributed by atoms with Crippen molar-refractivity contribution in [2.75, 3.05) is 23.1 Å². The highest BCUT2D eigenvalue weighted by molar-refractivity contribution is 7.92. The van der Waals surface area contributed by atoms with Crippen LogP contribution in [0.1, 0.15) is 0 Å². The minimum Gasteiger partial charge on any atom is -0.350 e. The summed E-state index contributed by atoms with van der Waals surface area (Å²) in [4.78, 5) is 20.6. The van der Waals surface area contributed by atoms with Crippen molar-refractivity contribution in [1.29, 1.82) is 0 Å². The Balaban J connectivity index is 1.66. The van der Waals surface area contributed by atoms with E-state index in [1.165, 1.54) is 6.08 Å².